The van der Waals surface area contributed by atoms with Crippen molar-refractivity contribution in [3.63, 3.8) is 0 Å². The highest BCUT2D eigenvalue weighted by Gasteiger charge is 2.46. The summed E-state index contributed by atoms with van der Waals surface area (Å²) in [5.74, 6) is -0.262. The van der Waals surface area contributed by atoms with E-state index in [9.17, 15) is 13.2 Å². The molecule has 0 saturated heterocycles. The maximum atomic E-state index is 12.4. The molecule has 3 rings (SSSR count). The summed E-state index contributed by atoms with van der Waals surface area (Å²) in [4.78, 5) is 12.4. The van der Waals surface area contributed by atoms with Crippen LogP contribution >= 0.6 is 11.6 Å². The van der Waals surface area contributed by atoms with Crippen molar-refractivity contribution < 1.29 is 26.9 Å². The molecule has 0 amide bonds. The minimum absolute atomic E-state index is 0.0901. The van der Waals surface area contributed by atoms with Gasteiger partial charge in [-0.25, -0.2) is 4.79 Å². The zero-order valence-corrected chi connectivity index (χ0v) is 16.6. The number of hydrogen-bond acceptors (Lipinski definition) is 6. The molecule has 144 valence electrons. The van der Waals surface area contributed by atoms with E-state index in [1.165, 1.54) is 13.0 Å². The van der Waals surface area contributed by atoms with Crippen molar-refractivity contribution in [2.75, 3.05) is 5.75 Å². The zero-order valence-electron chi connectivity index (χ0n) is 15.1. The van der Waals surface area contributed by atoms with Gasteiger partial charge in [-0.1, -0.05) is 29.8 Å². The van der Waals surface area contributed by atoms with E-state index in [0.29, 0.717) is 16.9 Å². The van der Waals surface area contributed by atoms with Crippen molar-refractivity contribution in [1.82, 2.24) is 0 Å². The first-order valence-electron chi connectivity index (χ1n) is 8.33. The van der Waals surface area contributed by atoms with Crippen molar-refractivity contribution in [3.05, 3.63) is 58.6 Å². The lowest BCUT2D eigenvalue weighted by Crippen LogP contribution is -2.36. The molecule has 1 heterocycles. The quantitative estimate of drug-likeness (QED) is 0.549. The Morgan fingerprint density at radius 3 is 2.52 bits per heavy atom. The van der Waals surface area contributed by atoms with Crippen LogP contribution in [0.3, 0.4) is 0 Å². The van der Waals surface area contributed by atoms with Crippen LogP contribution in [0.1, 0.15) is 36.7 Å². The Labute approximate surface area is 163 Å². The average Bonchev–Trinajstić information content (AvgIpc) is 2.87. The third-order valence-electron chi connectivity index (χ3n) is 4.33. The van der Waals surface area contributed by atoms with Crippen LogP contribution in [0, 0.1) is 0 Å². The van der Waals surface area contributed by atoms with E-state index in [0.717, 1.165) is 0 Å². The number of fused-ring (bicyclic) bond motifs is 1. The molecule has 0 N–H and O–H groups in total. The lowest BCUT2D eigenvalue weighted by atomic mass is 9.85. The van der Waals surface area contributed by atoms with Crippen LogP contribution < -0.4 is 8.92 Å². The number of carbonyl (C=O) groups excluding carboxylic acids is 1. The van der Waals surface area contributed by atoms with E-state index >= 15 is 0 Å². The molecule has 1 aliphatic heterocycles. The minimum atomic E-state index is -3.70. The number of esters is 1. The van der Waals surface area contributed by atoms with Crippen LogP contribution in [0.5, 0.6) is 11.5 Å². The summed E-state index contributed by atoms with van der Waals surface area (Å²) in [6, 6.07) is 11.5. The second-order valence-electron chi connectivity index (χ2n) is 6.65. The van der Waals surface area contributed by atoms with Gasteiger partial charge in [0.1, 0.15) is 11.5 Å². The summed E-state index contributed by atoms with van der Waals surface area (Å²) in [6.07, 6.45) is -0.921. The van der Waals surface area contributed by atoms with Crippen LogP contribution in [0.2, 0.25) is 5.02 Å². The molecular formula is C19H19ClO6S. The predicted molar refractivity (Wildman–Crippen MR) is 101 cm³/mol. The van der Waals surface area contributed by atoms with Crippen LogP contribution in [-0.2, 0) is 20.3 Å². The van der Waals surface area contributed by atoms with Gasteiger partial charge in [0, 0.05) is 11.6 Å². The Kier molecular flexibility index (Phi) is 5.10. The highest BCUT2D eigenvalue weighted by Crippen LogP contribution is 2.49. The summed E-state index contributed by atoms with van der Waals surface area (Å²) in [5, 5.41) is 0.181. The number of ether oxygens (including phenoxy) is 2. The zero-order chi connectivity index (χ0) is 19.8. The summed E-state index contributed by atoms with van der Waals surface area (Å²) in [5.41, 5.74) is 0.234. The van der Waals surface area contributed by atoms with Crippen LogP contribution in [-0.4, -0.2) is 26.4 Å². The Balaban J connectivity index is 1.89. The molecule has 2 aromatic carbocycles. The fourth-order valence-corrected chi connectivity index (χ4v) is 3.47. The molecule has 6 nitrogen and oxygen atoms in total. The van der Waals surface area contributed by atoms with E-state index in [1.54, 1.807) is 36.4 Å². The Morgan fingerprint density at radius 1 is 1.22 bits per heavy atom. The van der Waals surface area contributed by atoms with Crippen LogP contribution in [0.25, 0.3) is 0 Å². The van der Waals surface area contributed by atoms with Crippen molar-refractivity contribution in [1.29, 1.82) is 0 Å². The van der Waals surface area contributed by atoms with E-state index in [2.05, 4.69) is 0 Å². The second-order valence-corrected chi connectivity index (χ2v) is 8.92. The molecular weight excluding hydrogens is 392 g/mol. The molecule has 1 aliphatic rings. The van der Waals surface area contributed by atoms with Crippen LogP contribution in [0.4, 0.5) is 0 Å². The lowest BCUT2D eigenvalue weighted by molar-refractivity contribution is -0.0684. The van der Waals surface area contributed by atoms with Gasteiger partial charge in [-0.05, 0) is 39.0 Å². The fourth-order valence-electron chi connectivity index (χ4n) is 2.71. The van der Waals surface area contributed by atoms with Crippen molar-refractivity contribution >= 4 is 27.7 Å². The first-order chi connectivity index (χ1) is 12.6. The summed E-state index contributed by atoms with van der Waals surface area (Å²) in [6.45, 7) is 5.11. The number of hydrogen-bond donors (Lipinski definition) is 0. The predicted octanol–water partition coefficient (Wildman–Crippen LogP) is 3.92. The molecule has 8 heteroatoms. The van der Waals surface area contributed by atoms with Gasteiger partial charge >= 0.3 is 16.1 Å². The van der Waals surface area contributed by atoms with E-state index in [1.807, 2.05) is 13.8 Å². The molecule has 0 spiro atoms. The smallest absolute Gasteiger partial charge is 0.341 e. The maximum Gasteiger partial charge on any atom is 0.341 e. The third kappa shape index (κ3) is 3.89. The summed E-state index contributed by atoms with van der Waals surface area (Å²) < 4.78 is 39.9. The first-order valence-corrected chi connectivity index (χ1v) is 10.3. The van der Waals surface area contributed by atoms with E-state index < -0.39 is 27.8 Å². The number of halogens is 1. The fraction of sp³-hybridized carbons (Fsp3) is 0.316. The summed E-state index contributed by atoms with van der Waals surface area (Å²) >= 11 is 6.25. The molecule has 27 heavy (non-hydrogen) atoms. The Hall–Kier alpha value is -2.25. The van der Waals surface area contributed by atoms with Crippen molar-refractivity contribution in [3.8, 4) is 11.5 Å². The maximum absolute atomic E-state index is 12.4. The number of carbonyl (C=O) groups is 1. The van der Waals surface area contributed by atoms with Crippen molar-refractivity contribution in [2.45, 2.75) is 32.5 Å². The molecule has 0 fully saturated rings. The Morgan fingerprint density at radius 2 is 1.89 bits per heavy atom. The molecule has 0 radical (unpaired) electrons. The average molecular weight is 411 g/mol. The lowest BCUT2D eigenvalue weighted by Gasteiger charge is -2.25. The van der Waals surface area contributed by atoms with Gasteiger partial charge in [0.25, 0.3) is 6.29 Å². The Bertz CT molecular complexity index is 969. The first kappa shape index (κ1) is 19.5. The van der Waals surface area contributed by atoms with E-state index in [-0.39, 0.29) is 16.5 Å². The summed E-state index contributed by atoms with van der Waals surface area (Å²) in [7, 11) is -3.70. The molecule has 1 unspecified atom stereocenters. The third-order valence-corrected chi connectivity index (χ3v) is 5.76. The van der Waals surface area contributed by atoms with Crippen molar-refractivity contribution in [2.24, 2.45) is 0 Å². The standard InChI is InChI=1S/C19H19ClO6S/c1-4-27(22,23)26-13-10-14-16(15(20)11-13)24-18(19(14,2)3)25-17(21)12-8-6-5-7-9-12/h5-11,18H,4H2,1-3H3. The van der Waals surface area contributed by atoms with E-state index in [4.69, 9.17) is 25.3 Å². The van der Waals surface area contributed by atoms with Gasteiger partial charge < -0.3 is 13.7 Å². The van der Waals surface area contributed by atoms with Gasteiger partial charge in [0.2, 0.25) is 0 Å². The monoisotopic (exact) mass is 410 g/mol. The molecule has 2 aromatic rings. The van der Waals surface area contributed by atoms with Gasteiger partial charge in [0.05, 0.1) is 21.8 Å². The molecule has 1 atom stereocenters. The highest BCUT2D eigenvalue weighted by atomic mass is 35.5. The van der Waals surface area contributed by atoms with Gasteiger partial charge in [-0.2, -0.15) is 8.42 Å². The highest BCUT2D eigenvalue weighted by molar-refractivity contribution is 7.87. The largest absolute Gasteiger partial charge is 0.452 e. The number of rotatable bonds is 5. The normalized spacial score (nSPS) is 17.7. The number of benzene rings is 2. The SMILES string of the molecule is CCS(=O)(=O)Oc1cc(Cl)c2c(c1)C(C)(C)C(OC(=O)c1ccccc1)O2. The minimum Gasteiger partial charge on any atom is -0.452 e. The van der Waals surface area contributed by atoms with Gasteiger partial charge in [-0.15, -0.1) is 0 Å². The van der Waals surface area contributed by atoms with Crippen LogP contribution in [0.15, 0.2) is 42.5 Å². The second kappa shape index (κ2) is 7.05. The molecule has 0 aliphatic carbocycles. The molecule has 0 aromatic heterocycles. The van der Waals surface area contributed by atoms with Gasteiger partial charge in [-0.3, -0.25) is 0 Å². The van der Waals surface area contributed by atoms with Gasteiger partial charge in [0.15, 0.2) is 0 Å². The molecule has 0 saturated carbocycles. The topological polar surface area (TPSA) is 78.9 Å². The molecule has 0 bridgehead atoms.